The molecule has 1 aromatic carbocycles. The Bertz CT molecular complexity index is 1020. The summed E-state index contributed by atoms with van der Waals surface area (Å²) < 4.78 is 1.84. The average Bonchev–Trinajstić information content (AvgIpc) is 3.22. The van der Waals surface area contributed by atoms with Crippen molar-refractivity contribution >= 4 is 22.2 Å². The Hall–Kier alpha value is -2.99. The molecule has 4 aromatic rings. The number of imidazole rings is 1. The highest BCUT2D eigenvalue weighted by molar-refractivity contribution is 7.15. The van der Waals surface area contributed by atoms with Crippen LogP contribution in [0, 0.1) is 6.92 Å². The molecule has 0 aliphatic rings. The van der Waals surface area contributed by atoms with Gasteiger partial charge in [-0.3, -0.25) is 14.2 Å². The van der Waals surface area contributed by atoms with Gasteiger partial charge in [-0.05, 0) is 19.1 Å². The molecule has 4 rings (SSSR count). The third-order valence-electron chi connectivity index (χ3n) is 3.95. The molecule has 0 unspecified atom stereocenters. The fourth-order valence-corrected chi connectivity index (χ4v) is 3.43. The van der Waals surface area contributed by atoms with Crippen molar-refractivity contribution < 1.29 is 4.79 Å². The fraction of sp³-hybridized carbons (Fsp3) is 0.105. The summed E-state index contributed by atoms with van der Waals surface area (Å²) in [5, 5.41) is 4.73. The van der Waals surface area contributed by atoms with Gasteiger partial charge in [0.25, 0.3) is 5.91 Å². The largest absolute Gasteiger partial charge is 0.345 e. The zero-order valence-electron chi connectivity index (χ0n) is 13.6. The van der Waals surface area contributed by atoms with E-state index in [-0.39, 0.29) is 5.91 Å². The van der Waals surface area contributed by atoms with Gasteiger partial charge in [0.05, 0.1) is 17.9 Å². The van der Waals surface area contributed by atoms with E-state index < -0.39 is 0 Å². The van der Waals surface area contributed by atoms with E-state index >= 15 is 0 Å². The van der Waals surface area contributed by atoms with Crippen LogP contribution >= 0.6 is 11.3 Å². The Balaban J connectivity index is 1.57. The second-order valence-corrected chi connectivity index (χ2v) is 6.61. The average molecular weight is 348 g/mol. The van der Waals surface area contributed by atoms with Crippen LogP contribution in [0.2, 0.25) is 0 Å². The number of aromatic nitrogens is 3. The van der Waals surface area contributed by atoms with Crippen LogP contribution in [-0.2, 0) is 6.54 Å². The minimum atomic E-state index is -0.134. The third kappa shape index (κ3) is 3.16. The molecule has 3 aromatic heterocycles. The first kappa shape index (κ1) is 15.5. The van der Waals surface area contributed by atoms with Gasteiger partial charge in [-0.25, -0.2) is 4.98 Å². The summed E-state index contributed by atoms with van der Waals surface area (Å²) in [6, 6.07) is 13.8. The number of pyridine rings is 1. The first-order valence-electron chi connectivity index (χ1n) is 7.92. The molecule has 0 aliphatic carbocycles. The van der Waals surface area contributed by atoms with Gasteiger partial charge in [0.15, 0.2) is 4.96 Å². The van der Waals surface area contributed by atoms with E-state index in [9.17, 15) is 4.79 Å². The van der Waals surface area contributed by atoms with Crippen molar-refractivity contribution in [3.63, 3.8) is 0 Å². The van der Waals surface area contributed by atoms with Gasteiger partial charge < -0.3 is 5.32 Å². The summed E-state index contributed by atoms with van der Waals surface area (Å²) in [5.74, 6) is -0.134. The lowest BCUT2D eigenvalue weighted by molar-refractivity contribution is 0.0945. The maximum absolute atomic E-state index is 12.5. The van der Waals surface area contributed by atoms with Crippen molar-refractivity contribution in [3.05, 3.63) is 77.2 Å². The zero-order chi connectivity index (χ0) is 17.2. The number of amides is 1. The molecule has 3 heterocycles. The molecule has 25 heavy (non-hydrogen) atoms. The minimum Gasteiger partial charge on any atom is -0.345 e. The van der Waals surface area contributed by atoms with Crippen LogP contribution < -0.4 is 5.32 Å². The number of hydrogen-bond donors (Lipinski definition) is 1. The monoisotopic (exact) mass is 348 g/mol. The maximum atomic E-state index is 12.5. The van der Waals surface area contributed by atoms with Crippen LogP contribution in [0.1, 0.15) is 21.7 Å². The van der Waals surface area contributed by atoms with Gasteiger partial charge in [0, 0.05) is 23.3 Å². The van der Waals surface area contributed by atoms with Gasteiger partial charge in [0.1, 0.15) is 5.69 Å². The molecule has 1 N–H and O–H groups in total. The molecule has 124 valence electrons. The quantitative estimate of drug-likeness (QED) is 0.612. The molecule has 0 saturated heterocycles. The maximum Gasteiger partial charge on any atom is 0.269 e. The van der Waals surface area contributed by atoms with E-state index in [0.717, 1.165) is 21.9 Å². The standard InChI is InChI=1S/C19H16N4OS/c1-13-5-7-14(8-6-13)16-11-23-17(12-25-19(23)22-16)18(24)21-10-15-4-2-3-9-20-15/h2-9,11-12H,10H2,1H3,(H,21,24). The van der Waals surface area contributed by atoms with Gasteiger partial charge in [-0.1, -0.05) is 35.9 Å². The fourth-order valence-electron chi connectivity index (χ4n) is 2.57. The molecular formula is C19H16N4OS. The molecule has 0 atom stereocenters. The first-order chi connectivity index (χ1) is 12.2. The molecular weight excluding hydrogens is 332 g/mol. The van der Waals surface area contributed by atoms with E-state index in [1.54, 1.807) is 6.20 Å². The normalized spacial score (nSPS) is 10.9. The van der Waals surface area contributed by atoms with Crippen molar-refractivity contribution in [2.45, 2.75) is 13.5 Å². The van der Waals surface area contributed by atoms with Crippen LogP contribution in [-0.4, -0.2) is 20.3 Å². The Morgan fingerprint density at radius 3 is 2.80 bits per heavy atom. The highest BCUT2D eigenvalue weighted by Crippen LogP contribution is 2.24. The summed E-state index contributed by atoms with van der Waals surface area (Å²) in [7, 11) is 0. The third-order valence-corrected chi connectivity index (χ3v) is 4.79. The number of hydrogen-bond acceptors (Lipinski definition) is 4. The predicted molar refractivity (Wildman–Crippen MR) is 98.6 cm³/mol. The summed E-state index contributed by atoms with van der Waals surface area (Å²) in [4.78, 5) is 22.1. The van der Waals surface area contributed by atoms with Crippen LogP contribution in [0.3, 0.4) is 0 Å². The minimum absolute atomic E-state index is 0.134. The second kappa shape index (κ2) is 6.49. The van der Waals surface area contributed by atoms with Gasteiger partial charge >= 0.3 is 0 Å². The summed E-state index contributed by atoms with van der Waals surface area (Å²) in [6.45, 7) is 2.45. The number of rotatable bonds is 4. The van der Waals surface area contributed by atoms with Crippen LogP contribution in [0.4, 0.5) is 0 Å². The number of aryl methyl sites for hydroxylation is 1. The highest BCUT2D eigenvalue weighted by Gasteiger charge is 2.15. The molecule has 5 nitrogen and oxygen atoms in total. The van der Waals surface area contributed by atoms with Crippen molar-refractivity contribution in [2.24, 2.45) is 0 Å². The SMILES string of the molecule is Cc1ccc(-c2cn3c(C(=O)NCc4ccccn4)csc3n2)cc1. The Morgan fingerprint density at radius 2 is 2.04 bits per heavy atom. The van der Waals surface area contributed by atoms with Gasteiger partial charge in [-0.2, -0.15) is 0 Å². The highest BCUT2D eigenvalue weighted by atomic mass is 32.1. The molecule has 0 fully saturated rings. The lowest BCUT2D eigenvalue weighted by atomic mass is 10.1. The first-order valence-corrected chi connectivity index (χ1v) is 8.80. The summed E-state index contributed by atoms with van der Waals surface area (Å²) in [6.07, 6.45) is 3.63. The summed E-state index contributed by atoms with van der Waals surface area (Å²) in [5.41, 5.74) is 4.53. The van der Waals surface area contributed by atoms with Crippen molar-refractivity contribution in [3.8, 4) is 11.3 Å². The van der Waals surface area contributed by atoms with E-state index in [2.05, 4.69) is 34.3 Å². The van der Waals surface area contributed by atoms with Gasteiger partial charge in [0.2, 0.25) is 0 Å². The lowest BCUT2D eigenvalue weighted by Gasteiger charge is -2.03. The van der Waals surface area contributed by atoms with E-state index in [0.29, 0.717) is 12.2 Å². The molecule has 0 radical (unpaired) electrons. The number of carbonyl (C=O) groups is 1. The lowest BCUT2D eigenvalue weighted by Crippen LogP contribution is -2.24. The Labute approximate surface area is 149 Å². The van der Waals surface area contributed by atoms with Crippen LogP contribution in [0.5, 0.6) is 0 Å². The molecule has 0 spiro atoms. The van der Waals surface area contributed by atoms with Crippen LogP contribution in [0.15, 0.2) is 60.2 Å². The smallest absolute Gasteiger partial charge is 0.269 e. The Morgan fingerprint density at radius 1 is 1.20 bits per heavy atom. The molecule has 1 amide bonds. The summed E-state index contributed by atoms with van der Waals surface area (Å²) >= 11 is 1.46. The Kier molecular flexibility index (Phi) is 4.03. The van der Waals surface area contributed by atoms with Gasteiger partial charge in [-0.15, -0.1) is 11.3 Å². The number of fused-ring (bicyclic) bond motifs is 1. The molecule has 0 saturated carbocycles. The predicted octanol–water partition coefficient (Wildman–Crippen LogP) is 3.70. The van der Waals surface area contributed by atoms with Crippen molar-refractivity contribution in [2.75, 3.05) is 0 Å². The number of benzene rings is 1. The number of nitrogens with one attached hydrogen (secondary N) is 1. The number of carbonyl (C=O) groups excluding carboxylic acids is 1. The zero-order valence-corrected chi connectivity index (χ0v) is 14.5. The van der Waals surface area contributed by atoms with Crippen LogP contribution in [0.25, 0.3) is 16.2 Å². The molecule has 0 bridgehead atoms. The van der Waals surface area contributed by atoms with E-state index in [1.165, 1.54) is 16.9 Å². The van der Waals surface area contributed by atoms with E-state index in [1.807, 2.05) is 46.3 Å². The van der Waals surface area contributed by atoms with Crippen molar-refractivity contribution in [1.29, 1.82) is 0 Å². The van der Waals surface area contributed by atoms with E-state index in [4.69, 9.17) is 0 Å². The molecule has 6 heteroatoms. The second-order valence-electron chi connectivity index (χ2n) is 5.77. The van der Waals surface area contributed by atoms with Crippen molar-refractivity contribution in [1.82, 2.24) is 19.7 Å². The number of thiazole rings is 1. The number of nitrogens with zero attached hydrogens (tertiary/aromatic N) is 3. The molecule has 0 aliphatic heterocycles. The topological polar surface area (TPSA) is 59.3 Å².